The van der Waals surface area contributed by atoms with Crippen LogP contribution in [-0.2, 0) is 9.59 Å². The average molecular weight is 350 g/mol. The summed E-state index contributed by atoms with van der Waals surface area (Å²) in [6, 6.07) is -1.17. The molecular weight excluding hydrogens is 322 g/mol. The summed E-state index contributed by atoms with van der Waals surface area (Å²) in [7, 11) is 0. The summed E-state index contributed by atoms with van der Waals surface area (Å²) in [4.78, 5) is 34.4. The van der Waals surface area contributed by atoms with Crippen molar-refractivity contribution in [2.45, 2.75) is 64.5 Å². The lowest BCUT2D eigenvalue weighted by molar-refractivity contribution is -0.139. The van der Waals surface area contributed by atoms with E-state index in [2.05, 4.69) is 22.9 Å². The van der Waals surface area contributed by atoms with Gasteiger partial charge >= 0.3 is 12.0 Å². The van der Waals surface area contributed by atoms with E-state index in [4.69, 9.17) is 5.11 Å². The predicted molar refractivity (Wildman–Crippen MR) is 89.7 cm³/mol. The minimum Gasteiger partial charge on any atom is -0.480 e. The van der Waals surface area contributed by atoms with Crippen molar-refractivity contribution in [3.8, 4) is 0 Å². The Kier molecular flexibility index (Phi) is 10.6. The average Bonchev–Trinajstić information content (AvgIpc) is 2.45. The van der Waals surface area contributed by atoms with Gasteiger partial charge < -0.3 is 10.4 Å². The Morgan fingerprint density at radius 2 is 1.87 bits per heavy atom. The Balaban J connectivity index is 0.00000484. The van der Waals surface area contributed by atoms with Crippen LogP contribution < -0.4 is 16.0 Å². The molecule has 0 bridgehead atoms. The molecule has 23 heavy (non-hydrogen) atoms. The van der Waals surface area contributed by atoms with E-state index in [1.807, 2.05) is 6.92 Å². The summed E-state index contributed by atoms with van der Waals surface area (Å²) >= 11 is 0. The molecule has 0 aromatic rings. The first-order chi connectivity index (χ1) is 10.4. The monoisotopic (exact) mass is 349 g/mol. The van der Waals surface area contributed by atoms with Gasteiger partial charge in [-0.15, -0.1) is 12.4 Å². The van der Waals surface area contributed by atoms with E-state index in [9.17, 15) is 14.4 Å². The van der Waals surface area contributed by atoms with Crippen molar-refractivity contribution in [3.63, 3.8) is 0 Å². The number of nitrogens with one attached hydrogen (secondary N) is 3. The molecule has 0 heterocycles. The quantitative estimate of drug-likeness (QED) is 0.559. The van der Waals surface area contributed by atoms with E-state index < -0.39 is 23.9 Å². The second kappa shape index (κ2) is 11.2. The zero-order valence-electron chi connectivity index (χ0n) is 13.8. The lowest BCUT2D eigenvalue weighted by atomic mass is 9.86. The highest BCUT2D eigenvalue weighted by Crippen LogP contribution is 2.23. The van der Waals surface area contributed by atoms with Gasteiger partial charge in [-0.05, 0) is 25.2 Å². The number of carboxylic acid groups (broad SMARTS) is 1. The molecule has 134 valence electrons. The van der Waals surface area contributed by atoms with E-state index >= 15 is 0 Å². The molecule has 0 aliphatic heterocycles. The molecule has 0 spiro atoms. The second-order valence-electron chi connectivity index (χ2n) is 5.95. The van der Waals surface area contributed by atoms with Gasteiger partial charge in [0.15, 0.2) is 0 Å². The van der Waals surface area contributed by atoms with Gasteiger partial charge in [0, 0.05) is 6.04 Å². The van der Waals surface area contributed by atoms with Gasteiger partial charge in [-0.1, -0.05) is 33.1 Å². The predicted octanol–water partition coefficient (Wildman–Crippen LogP) is 1.66. The number of amides is 3. The molecule has 1 saturated carbocycles. The van der Waals surface area contributed by atoms with Crippen molar-refractivity contribution < 1.29 is 19.5 Å². The molecule has 1 aliphatic rings. The SMILES string of the molecule is CCCC(NCC(=O)NC(=O)NC1CCCCC1C)C(=O)O.Cl. The van der Waals surface area contributed by atoms with E-state index in [0.717, 1.165) is 19.3 Å². The van der Waals surface area contributed by atoms with Crippen LogP contribution in [0.15, 0.2) is 0 Å². The molecule has 0 aromatic heterocycles. The molecule has 8 heteroatoms. The number of halogens is 1. The maximum atomic E-state index is 11.8. The maximum Gasteiger partial charge on any atom is 0.321 e. The van der Waals surface area contributed by atoms with Crippen molar-refractivity contribution in [3.05, 3.63) is 0 Å². The Labute approximate surface area is 143 Å². The zero-order valence-corrected chi connectivity index (χ0v) is 14.6. The molecule has 0 radical (unpaired) electrons. The normalized spacial score (nSPS) is 21.7. The number of carboxylic acids is 1. The fraction of sp³-hybridized carbons (Fsp3) is 0.800. The standard InChI is InChI=1S/C15H27N3O4.ClH/c1-3-6-12(14(20)21)16-9-13(19)18-15(22)17-11-8-5-4-7-10(11)2;/h10-12,16H,3-9H2,1-2H3,(H,20,21)(H2,17,18,19,22);1H. The van der Waals surface area contributed by atoms with E-state index in [1.54, 1.807) is 0 Å². The largest absolute Gasteiger partial charge is 0.480 e. The van der Waals surface area contributed by atoms with Crippen LogP contribution in [0, 0.1) is 5.92 Å². The number of rotatable bonds is 7. The Morgan fingerprint density at radius 3 is 2.43 bits per heavy atom. The van der Waals surface area contributed by atoms with Crippen molar-refractivity contribution in [2.75, 3.05) is 6.54 Å². The second-order valence-corrected chi connectivity index (χ2v) is 5.95. The molecule has 3 amide bonds. The van der Waals surface area contributed by atoms with E-state index in [1.165, 1.54) is 6.42 Å². The van der Waals surface area contributed by atoms with Crippen LogP contribution in [0.5, 0.6) is 0 Å². The Morgan fingerprint density at radius 1 is 1.22 bits per heavy atom. The van der Waals surface area contributed by atoms with Gasteiger partial charge in [0.2, 0.25) is 5.91 Å². The fourth-order valence-corrected chi connectivity index (χ4v) is 2.72. The highest BCUT2D eigenvalue weighted by Gasteiger charge is 2.23. The van der Waals surface area contributed by atoms with Crippen LogP contribution in [0.25, 0.3) is 0 Å². The Hall–Kier alpha value is -1.34. The number of hydrogen-bond donors (Lipinski definition) is 4. The van der Waals surface area contributed by atoms with Crippen LogP contribution in [0.3, 0.4) is 0 Å². The van der Waals surface area contributed by atoms with Gasteiger partial charge in [0.1, 0.15) is 6.04 Å². The first-order valence-electron chi connectivity index (χ1n) is 8.00. The molecule has 3 atom stereocenters. The third-order valence-corrected chi connectivity index (χ3v) is 4.07. The summed E-state index contributed by atoms with van der Waals surface area (Å²) in [5.74, 6) is -1.10. The maximum absolute atomic E-state index is 11.8. The molecule has 0 saturated heterocycles. The van der Waals surface area contributed by atoms with Crippen LogP contribution in [-0.4, -0.2) is 41.6 Å². The minimum atomic E-state index is -0.991. The summed E-state index contributed by atoms with van der Waals surface area (Å²) in [5.41, 5.74) is 0. The molecule has 0 aromatic carbocycles. The van der Waals surface area contributed by atoms with Crippen LogP contribution in [0.4, 0.5) is 4.79 Å². The molecule has 3 unspecified atom stereocenters. The molecule has 1 rings (SSSR count). The molecular formula is C15H28ClN3O4. The lowest BCUT2D eigenvalue weighted by Gasteiger charge is -2.29. The summed E-state index contributed by atoms with van der Waals surface area (Å²) < 4.78 is 0. The lowest BCUT2D eigenvalue weighted by Crippen LogP contribution is -2.50. The topological polar surface area (TPSA) is 108 Å². The number of carbonyl (C=O) groups excluding carboxylic acids is 2. The number of urea groups is 1. The van der Waals surface area contributed by atoms with E-state index in [-0.39, 0.29) is 25.0 Å². The third kappa shape index (κ3) is 8.18. The highest BCUT2D eigenvalue weighted by atomic mass is 35.5. The molecule has 1 aliphatic carbocycles. The highest BCUT2D eigenvalue weighted by molar-refractivity contribution is 5.95. The summed E-state index contributed by atoms with van der Waals surface area (Å²) in [6.45, 7) is 3.77. The van der Waals surface area contributed by atoms with E-state index in [0.29, 0.717) is 18.8 Å². The smallest absolute Gasteiger partial charge is 0.321 e. The first-order valence-corrected chi connectivity index (χ1v) is 8.00. The third-order valence-electron chi connectivity index (χ3n) is 4.07. The van der Waals surface area contributed by atoms with Crippen molar-refractivity contribution in [1.82, 2.24) is 16.0 Å². The fourth-order valence-electron chi connectivity index (χ4n) is 2.72. The zero-order chi connectivity index (χ0) is 16.5. The van der Waals surface area contributed by atoms with Crippen molar-refractivity contribution in [2.24, 2.45) is 5.92 Å². The summed E-state index contributed by atoms with van der Waals surface area (Å²) in [5, 5.41) is 16.7. The summed E-state index contributed by atoms with van der Waals surface area (Å²) in [6.07, 6.45) is 5.41. The Bertz CT molecular complexity index is 406. The van der Waals surface area contributed by atoms with Gasteiger partial charge in [-0.2, -0.15) is 0 Å². The van der Waals surface area contributed by atoms with Crippen molar-refractivity contribution in [1.29, 1.82) is 0 Å². The number of hydrogen-bond acceptors (Lipinski definition) is 4. The number of aliphatic carboxylic acids is 1. The van der Waals surface area contributed by atoms with Gasteiger partial charge in [0.25, 0.3) is 0 Å². The molecule has 7 nitrogen and oxygen atoms in total. The molecule has 4 N–H and O–H groups in total. The van der Waals surface area contributed by atoms with Crippen molar-refractivity contribution >= 4 is 30.3 Å². The minimum absolute atomic E-state index is 0. The first kappa shape index (κ1) is 21.7. The van der Waals surface area contributed by atoms with Gasteiger partial charge in [-0.25, -0.2) is 4.79 Å². The van der Waals surface area contributed by atoms with Gasteiger partial charge in [-0.3, -0.25) is 20.2 Å². The van der Waals surface area contributed by atoms with Crippen LogP contribution in [0.2, 0.25) is 0 Å². The van der Waals surface area contributed by atoms with Gasteiger partial charge in [0.05, 0.1) is 6.54 Å². The number of imide groups is 1. The van der Waals surface area contributed by atoms with Crippen LogP contribution in [0.1, 0.15) is 52.4 Å². The molecule has 1 fully saturated rings. The number of carbonyl (C=O) groups is 3. The van der Waals surface area contributed by atoms with Crippen LogP contribution >= 0.6 is 12.4 Å².